The maximum Gasteiger partial charge on any atom is 0.490 e. The van der Waals surface area contributed by atoms with Crippen LogP contribution in [0.1, 0.15) is 168 Å². The summed E-state index contributed by atoms with van der Waals surface area (Å²) in [6, 6.07) is 3.29. The monoisotopic (exact) mass is 1080 g/mol. The van der Waals surface area contributed by atoms with Crippen LogP contribution in [0.4, 0.5) is 13.2 Å². The molecule has 2 fully saturated rings. The van der Waals surface area contributed by atoms with Gasteiger partial charge in [-0.05, 0) is 70.0 Å². The standard InChI is InChI=1S/C56H107F3O10Si3/c1-12-13-14-15-16-20-23-26-32-49(65-45-62-39-42-71(6,7)8)51-34-36-53(68-51)54-37-35-52(69-54)50(66-46-63-40-43-72(9,10)11)33-27-24-21-18-17-19-22-25-30-48(64-44-61-38-41-70(3,4)5)31-28-29-47(2)67-55(60)56(57,58)59/h47-54H,12-27,30-46H2,1-11H3/t47-,48-,49-,50-,51-,52-,53-,54-/m1/s1. The number of halogens is 3. The minimum Gasteiger partial charge on any atom is -0.443 e. The van der Waals surface area contributed by atoms with E-state index in [-0.39, 0.29) is 49.5 Å². The van der Waals surface area contributed by atoms with Crippen molar-refractivity contribution < 1.29 is 60.6 Å². The highest BCUT2D eigenvalue weighted by Crippen LogP contribution is 2.36. The Labute approximate surface area is 441 Å². The van der Waals surface area contributed by atoms with Crippen molar-refractivity contribution in [2.45, 2.75) is 300 Å². The first-order valence-corrected chi connectivity index (χ1v) is 39.8. The zero-order valence-corrected chi connectivity index (χ0v) is 50.7. The lowest BCUT2D eigenvalue weighted by molar-refractivity contribution is -0.201. The lowest BCUT2D eigenvalue weighted by Crippen LogP contribution is -2.35. The Balaban J connectivity index is 1.85. The Morgan fingerprint density at radius 2 is 0.931 bits per heavy atom. The van der Waals surface area contributed by atoms with Crippen molar-refractivity contribution in [1.82, 2.24) is 0 Å². The van der Waals surface area contributed by atoms with Crippen molar-refractivity contribution in [3.63, 3.8) is 0 Å². The number of rotatable bonds is 43. The molecule has 2 heterocycles. The van der Waals surface area contributed by atoms with Crippen molar-refractivity contribution >= 4 is 30.2 Å². The van der Waals surface area contributed by atoms with Gasteiger partial charge in [0.25, 0.3) is 0 Å². The summed E-state index contributed by atoms with van der Waals surface area (Å²) in [6.07, 6.45) is 20.1. The molecule has 0 spiro atoms. The van der Waals surface area contributed by atoms with Gasteiger partial charge in [0.15, 0.2) is 6.10 Å². The number of esters is 1. The Morgan fingerprint density at radius 1 is 0.556 bits per heavy atom. The Bertz CT molecular complexity index is 1430. The Hall–Kier alpha value is -0.849. The maximum absolute atomic E-state index is 12.6. The number of alkyl halides is 3. The van der Waals surface area contributed by atoms with E-state index in [9.17, 15) is 18.0 Å². The molecular weight excluding hydrogens is 974 g/mol. The topological polar surface area (TPSA) is 100 Å². The van der Waals surface area contributed by atoms with Crippen LogP contribution in [0.25, 0.3) is 0 Å². The van der Waals surface area contributed by atoms with Crippen LogP contribution in [-0.4, -0.2) is 125 Å². The van der Waals surface area contributed by atoms with Crippen LogP contribution in [0, 0.1) is 11.8 Å². The summed E-state index contributed by atoms with van der Waals surface area (Å²) < 4.78 is 92.8. The van der Waals surface area contributed by atoms with Crippen LogP contribution in [-0.2, 0) is 47.4 Å². The van der Waals surface area contributed by atoms with Crippen molar-refractivity contribution in [3.05, 3.63) is 0 Å². The summed E-state index contributed by atoms with van der Waals surface area (Å²) in [7, 11) is -3.60. The van der Waals surface area contributed by atoms with Crippen LogP contribution < -0.4 is 0 Å². The largest absolute Gasteiger partial charge is 0.490 e. The molecule has 0 radical (unpaired) electrons. The average molecular weight is 1080 g/mol. The van der Waals surface area contributed by atoms with Gasteiger partial charge in [0, 0.05) is 50.5 Å². The molecule has 0 unspecified atom stereocenters. The maximum atomic E-state index is 12.6. The van der Waals surface area contributed by atoms with E-state index in [4.69, 9.17) is 37.9 Å². The molecular formula is C56H107F3O10Si3. The van der Waals surface area contributed by atoms with Crippen LogP contribution in [0.2, 0.25) is 77.1 Å². The predicted molar refractivity (Wildman–Crippen MR) is 295 cm³/mol. The minimum atomic E-state index is -5.04. The SMILES string of the molecule is CCCCCCCCCC[C@@H](OCOCC[Si](C)(C)C)[C@H]1CC[C@H]([C@H]2CC[C@H]([C@@H](CCCCCCCCCC[C@H](CC#C[C@@H](C)OC(=O)C(F)(F)F)OCOCC[Si](C)(C)C)OCOCC[Si](C)(C)C)O2)O1. The zero-order valence-electron chi connectivity index (χ0n) is 47.7. The number of hydrogen-bond acceptors (Lipinski definition) is 10. The molecule has 2 aliphatic heterocycles. The van der Waals surface area contributed by atoms with E-state index < -0.39 is 42.5 Å². The third-order valence-electron chi connectivity index (χ3n) is 13.8. The first-order chi connectivity index (χ1) is 34.1. The molecule has 0 amide bonds. The van der Waals surface area contributed by atoms with Gasteiger partial charge in [-0.3, -0.25) is 0 Å². The molecule has 0 saturated carbocycles. The highest BCUT2D eigenvalue weighted by Gasteiger charge is 2.43. The predicted octanol–water partition coefficient (Wildman–Crippen LogP) is 15.5. The van der Waals surface area contributed by atoms with Gasteiger partial charge in [-0.15, -0.1) is 0 Å². The van der Waals surface area contributed by atoms with Crippen LogP contribution in [0.3, 0.4) is 0 Å². The van der Waals surface area contributed by atoms with E-state index in [0.29, 0.717) is 26.6 Å². The highest BCUT2D eigenvalue weighted by atomic mass is 28.3. The van der Waals surface area contributed by atoms with Gasteiger partial charge in [-0.1, -0.05) is 180 Å². The van der Waals surface area contributed by atoms with E-state index in [1.54, 1.807) is 0 Å². The second-order valence-electron chi connectivity index (χ2n) is 24.5. The van der Waals surface area contributed by atoms with E-state index in [2.05, 4.69) is 82.4 Å². The zero-order chi connectivity index (χ0) is 53.3. The third-order valence-corrected chi connectivity index (χ3v) is 18.9. The minimum absolute atomic E-state index is 0.00541. The van der Waals surface area contributed by atoms with E-state index >= 15 is 0 Å². The summed E-state index contributed by atoms with van der Waals surface area (Å²) >= 11 is 0. The lowest BCUT2D eigenvalue weighted by Gasteiger charge is -2.28. The normalized spacial score (nSPS) is 20.6. The smallest absolute Gasteiger partial charge is 0.443 e. The van der Waals surface area contributed by atoms with Crippen LogP contribution >= 0.6 is 0 Å². The quantitative estimate of drug-likeness (QED) is 0.0193. The van der Waals surface area contributed by atoms with Crippen molar-refractivity contribution in [1.29, 1.82) is 0 Å². The molecule has 2 saturated heterocycles. The van der Waals surface area contributed by atoms with Crippen LogP contribution in [0.15, 0.2) is 0 Å². The van der Waals surface area contributed by atoms with Gasteiger partial charge in [0.1, 0.15) is 20.4 Å². The van der Waals surface area contributed by atoms with Gasteiger partial charge in [-0.2, -0.15) is 13.2 Å². The summed E-state index contributed by atoms with van der Waals surface area (Å²) in [5, 5.41) is 0. The van der Waals surface area contributed by atoms with Crippen LogP contribution in [0.5, 0.6) is 0 Å². The Kier molecular flexibility index (Phi) is 35.4. The average Bonchev–Trinajstić information content (AvgIpc) is 3.98. The molecule has 16 heteroatoms. The fourth-order valence-corrected chi connectivity index (χ4v) is 11.3. The summed E-state index contributed by atoms with van der Waals surface area (Å²) in [6.45, 7) is 27.7. The molecule has 0 N–H and O–H groups in total. The molecule has 2 aliphatic rings. The molecule has 424 valence electrons. The van der Waals surface area contributed by atoms with E-state index in [1.807, 2.05) is 0 Å². The first-order valence-electron chi connectivity index (χ1n) is 28.7. The van der Waals surface area contributed by atoms with Gasteiger partial charge < -0.3 is 42.6 Å². The fourth-order valence-electron chi connectivity index (χ4n) is 9.03. The second kappa shape index (κ2) is 37.8. The van der Waals surface area contributed by atoms with Gasteiger partial charge in [0.2, 0.25) is 0 Å². The fraction of sp³-hybridized carbons (Fsp3) is 0.946. The molecule has 10 nitrogen and oxygen atoms in total. The third kappa shape index (κ3) is 35.5. The van der Waals surface area contributed by atoms with Gasteiger partial charge in [0.05, 0.1) is 42.7 Å². The number of carbonyl (C=O) groups excluding carboxylic acids is 1. The Morgan fingerprint density at radius 3 is 1.32 bits per heavy atom. The molecule has 0 aliphatic carbocycles. The van der Waals surface area contributed by atoms with E-state index in [1.165, 1.54) is 64.7 Å². The number of hydrogen-bond donors (Lipinski definition) is 0. The highest BCUT2D eigenvalue weighted by molar-refractivity contribution is 6.76. The van der Waals surface area contributed by atoms with Crippen molar-refractivity contribution in [2.24, 2.45) is 0 Å². The van der Waals surface area contributed by atoms with Gasteiger partial charge >= 0.3 is 12.1 Å². The second-order valence-corrected chi connectivity index (χ2v) is 41.4. The van der Waals surface area contributed by atoms with Gasteiger partial charge in [-0.25, -0.2) is 4.79 Å². The number of ether oxygens (including phenoxy) is 9. The molecule has 72 heavy (non-hydrogen) atoms. The molecule has 2 rings (SSSR count). The number of unbranched alkanes of at least 4 members (excludes halogenated alkanes) is 14. The lowest BCUT2D eigenvalue weighted by atomic mass is 10.00. The summed E-state index contributed by atoms with van der Waals surface area (Å²) in [5.41, 5.74) is 0. The molecule has 0 aromatic heterocycles. The summed E-state index contributed by atoms with van der Waals surface area (Å²) in [5.74, 6) is 3.26. The first kappa shape index (κ1) is 67.3. The van der Waals surface area contributed by atoms with Crippen molar-refractivity contribution in [2.75, 3.05) is 40.2 Å². The van der Waals surface area contributed by atoms with E-state index in [0.717, 1.165) is 121 Å². The molecule has 0 bridgehead atoms. The molecule has 0 aromatic carbocycles. The summed E-state index contributed by atoms with van der Waals surface area (Å²) in [4.78, 5) is 11.2. The molecule has 0 aromatic rings. The van der Waals surface area contributed by atoms with Crippen molar-refractivity contribution in [3.8, 4) is 11.8 Å². The number of carbonyl (C=O) groups is 1. The molecule has 8 atom stereocenters.